The van der Waals surface area contributed by atoms with Gasteiger partial charge in [-0.1, -0.05) is 24.3 Å². The minimum atomic E-state index is -0.0171. The van der Waals surface area contributed by atoms with Crippen molar-refractivity contribution in [3.8, 4) is 0 Å². The van der Waals surface area contributed by atoms with E-state index in [1.807, 2.05) is 12.1 Å². The highest BCUT2D eigenvalue weighted by Crippen LogP contribution is 2.32. The molecule has 0 radical (unpaired) electrons. The van der Waals surface area contributed by atoms with Gasteiger partial charge in [-0.15, -0.1) is 0 Å². The molecule has 0 saturated carbocycles. The third kappa shape index (κ3) is 2.50. The van der Waals surface area contributed by atoms with Crippen molar-refractivity contribution in [3.63, 3.8) is 0 Å². The second-order valence-corrected chi connectivity index (χ2v) is 4.63. The smallest absolute Gasteiger partial charge is 0.229 e. The first-order chi connectivity index (χ1) is 8.24. The zero-order chi connectivity index (χ0) is 12.3. The fourth-order valence-electron chi connectivity index (χ4n) is 2.54. The van der Waals surface area contributed by atoms with Crippen LogP contribution < -0.4 is 0 Å². The molecule has 1 aliphatic rings. The van der Waals surface area contributed by atoms with Gasteiger partial charge in [0.2, 0.25) is 5.91 Å². The van der Waals surface area contributed by atoms with E-state index in [1.54, 1.807) is 11.9 Å². The van der Waals surface area contributed by atoms with Gasteiger partial charge in [0.05, 0.1) is 12.5 Å². The molecular weight excluding hydrogens is 214 g/mol. The number of carbonyl (C=O) groups excluding carboxylic acids is 1. The van der Waals surface area contributed by atoms with Crippen LogP contribution in [0.5, 0.6) is 0 Å². The molecule has 0 aromatic heterocycles. The first kappa shape index (κ1) is 12.1. The maximum Gasteiger partial charge on any atom is 0.229 e. The highest BCUT2D eigenvalue weighted by Gasteiger charge is 2.27. The molecule has 1 atom stereocenters. The Labute approximate surface area is 102 Å². The lowest BCUT2D eigenvalue weighted by Crippen LogP contribution is -2.35. The molecule has 0 heterocycles. The van der Waals surface area contributed by atoms with E-state index in [0.29, 0.717) is 6.54 Å². The summed E-state index contributed by atoms with van der Waals surface area (Å²) >= 11 is 0. The summed E-state index contributed by atoms with van der Waals surface area (Å²) in [5, 5.41) is 8.89. The molecule has 3 nitrogen and oxygen atoms in total. The lowest BCUT2D eigenvalue weighted by Gasteiger charge is -2.28. The van der Waals surface area contributed by atoms with Gasteiger partial charge in [-0.3, -0.25) is 4.79 Å². The second kappa shape index (κ2) is 5.32. The summed E-state index contributed by atoms with van der Waals surface area (Å²) in [5.41, 5.74) is 2.48. The van der Waals surface area contributed by atoms with E-state index in [0.717, 1.165) is 19.3 Å². The molecule has 0 bridgehead atoms. The lowest BCUT2D eigenvalue weighted by atomic mass is 9.82. The first-order valence-electron chi connectivity index (χ1n) is 6.17. The molecule has 1 amide bonds. The number of aliphatic hydroxyl groups is 1. The summed E-state index contributed by atoms with van der Waals surface area (Å²) < 4.78 is 0. The van der Waals surface area contributed by atoms with E-state index in [-0.39, 0.29) is 18.4 Å². The van der Waals surface area contributed by atoms with Gasteiger partial charge < -0.3 is 10.0 Å². The Balaban J connectivity index is 2.20. The third-order valence-electron chi connectivity index (χ3n) is 3.48. The van der Waals surface area contributed by atoms with Crippen LogP contribution in [-0.4, -0.2) is 36.1 Å². The summed E-state index contributed by atoms with van der Waals surface area (Å²) in [6.45, 7) is 0.439. The summed E-state index contributed by atoms with van der Waals surface area (Å²) in [6.07, 6.45) is 3.07. The standard InChI is InChI=1S/C14H19NO2/c1-15(9-10-16)14(17)13-8-4-6-11-5-2-3-7-12(11)13/h2-3,5,7,13,16H,4,6,8-10H2,1H3/t13-/m0/s1. The minimum Gasteiger partial charge on any atom is -0.395 e. The van der Waals surface area contributed by atoms with Crippen molar-refractivity contribution in [1.29, 1.82) is 0 Å². The molecule has 1 aromatic rings. The van der Waals surface area contributed by atoms with E-state index in [9.17, 15) is 4.79 Å². The Kier molecular flexibility index (Phi) is 3.79. The largest absolute Gasteiger partial charge is 0.395 e. The number of aryl methyl sites for hydroxylation is 1. The Hall–Kier alpha value is -1.35. The molecule has 92 valence electrons. The summed E-state index contributed by atoms with van der Waals surface area (Å²) in [7, 11) is 1.76. The Morgan fingerprint density at radius 2 is 2.24 bits per heavy atom. The van der Waals surface area contributed by atoms with E-state index in [4.69, 9.17) is 5.11 Å². The molecule has 1 N–H and O–H groups in total. The van der Waals surface area contributed by atoms with Crippen LogP contribution in [0.1, 0.15) is 29.9 Å². The monoisotopic (exact) mass is 233 g/mol. The van der Waals surface area contributed by atoms with E-state index in [2.05, 4.69) is 12.1 Å². The van der Waals surface area contributed by atoms with Crippen LogP contribution in [0.2, 0.25) is 0 Å². The zero-order valence-corrected chi connectivity index (χ0v) is 10.2. The molecule has 2 rings (SSSR count). The average molecular weight is 233 g/mol. The molecule has 0 unspecified atom stereocenters. The van der Waals surface area contributed by atoms with Crippen molar-refractivity contribution in [2.75, 3.05) is 20.2 Å². The Morgan fingerprint density at radius 3 is 3.00 bits per heavy atom. The number of likely N-dealkylation sites (N-methyl/N-ethyl adjacent to an activating group) is 1. The number of amides is 1. The van der Waals surface area contributed by atoms with Crippen LogP contribution >= 0.6 is 0 Å². The molecular formula is C14H19NO2. The van der Waals surface area contributed by atoms with Crippen molar-refractivity contribution in [3.05, 3.63) is 35.4 Å². The average Bonchev–Trinajstić information content (AvgIpc) is 2.37. The third-order valence-corrected chi connectivity index (χ3v) is 3.48. The fraction of sp³-hybridized carbons (Fsp3) is 0.500. The van der Waals surface area contributed by atoms with Crippen molar-refractivity contribution >= 4 is 5.91 Å². The second-order valence-electron chi connectivity index (χ2n) is 4.63. The maximum atomic E-state index is 12.3. The van der Waals surface area contributed by atoms with Gasteiger partial charge in [-0.25, -0.2) is 0 Å². The Morgan fingerprint density at radius 1 is 1.47 bits per heavy atom. The van der Waals surface area contributed by atoms with E-state index >= 15 is 0 Å². The van der Waals surface area contributed by atoms with Crippen LogP contribution in [0.4, 0.5) is 0 Å². The Bertz CT molecular complexity index is 403. The molecule has 17 heavy (non-hydrogen) atoms. The van der Waals surface area contributed by atoms with Crippen LogP contribution in [0.15, 0.2) is 24.3 Å². The predicted octanol–water partition coefficient (Wildman–Crippen LogP) is 1.56. The molecule has 0 saturated heterocycles. The molecule has 0 spiro atoms. The number of benzene rings is 1. The SMILES string of the molecule is CN(CCO)C(=O)[C@H]1CCCc2ccccc21. The fourth-order valence-corrected chi connectivity index (χ4v) is 2.54. The number of rotatable bonds is 3. The predicted molar refractivity (Wildman–Crippen MR) is 66.8 cm³/mol. The number of hydrogen-bond acceptors (Lipinski definition) is 2. The molecule has 1 aliphatic carbocycles. The number of fused-ring (bicyclic) bond motifs is 1. The van der Waals surface area contributed by atoms with Crippen LogP contribution in [0.3, 0.4) is 0 Å². The van der Waals surface area contributed by atoms with E-state index in [1.165, 1.54) is 11.1 Å². The number of nitrogens with zero attached hydrogens (tertiary/aromatic N) is 1. The molecule has 3 heteroatoms. The number of aliphatic hydroxyl groups excluding tert-OH is 1. The zero-order valence-electron chi connectivity index (χ0n) is 10.2. The lowest BCUT2D eigenvalue weighted by molar-refractivity contribution is -0.132. The van der Waals surface area contributed by atoms with Gasteiger partial charge in [0.25, 0.3) is 0 Å². The first-order valence-corrected chi connectivity index (χ1v) is 6.17. The highest BCUT2D eigenvalue weighted by atomic mass is 16.3. The summed E-state index contributed by atoms with van der Waals surface area (Å²) in [6, 6.07) is 8.20. The van der Waals surface area contributed by atoms with Gasteiger partial charge >= 0.3 is 0 Å². The van der Waals surface area contributed by atoms with Gasteiger partial charge in [-0.2, -0.15) is 0 Å². The summed E-state index contributed by atoms with van der Waals surface area (Å²) in [5.74, 6) is 0.114. The molecule has 0 aliphatic heterocycles. The van der Waals surface area contributed by atoms with Crippen molar-refractivity contribution < 1.29 is 9.90 Å². The van der Waals surface area contributed by atoms with Crippen molar-refractivity contribution in [2.45, 2.75) is 25.2 Å². The van der Waals surface area contributed by atoms with Gasteiger partial charge in [0.15, 0.2) is 0 Å². The quantitative estimate of drug-likeness (QED) is 0.860. The normalized spacial score (nSPS) is 18.6. The van der Waals surface area contributed by atoms with Gasteiger partial charge in [0.1, 0.15) is 0 Å². The summed E-state index contributed by atoms with van der Waals surface area (Å²) in [4.78, 5) is 13.9. The number of carbonyl (C=O) groups is 1. The van der Waals surface area contributed by atoms with Gasteiger partial charge in [-0.05, 0) is 30.4 Å². The minimum absolute atomic E-state index is 0.0171. The topological polar surface area (TPSA) is 40.5 Å². The van der Waals surface area contributed by atoms with Crippen LogP contribution in [0.25, 0.3) is 0 Å². The maximum absolute atomic E-state index is 12.3. The van der Waals surface area contributed by atoms with Crippen molar-refractivity contribution in [1.82, 2.24) is 4.90 Å². The number of hydrogen-bond donors (Lipinski definition) is 1. The highest BCUT2D eigenvalue weighted by molar-refractivity contribution is 5.84. The molecule has 1 aromatic carbocycles. The van der Waals surface area contributed by atoms with Crippen LogP contribution in [0, 0.1) is 0 Å². The van der Waals surface area contributed by atoms with Crippen LogP contribution in [-0.2, 0) is 11.2 Å². The molecule has 0 fully saturated rings. The van der Waals surface area contributed by atoms with Gasteiger partial charge in [0, 0.05) is 13.6 Å². The van der Waals surface area contributed by atoms with Crippen molar-refractivity contribution in [2.24, 2.45) is 0 Å². The van der Waals surface area contributed by atoms with E-state index < -0.39 is 0 Å².